The summed E-state index contributed by atoms with van der Waals surface area (Å²) in [5, 5.41) is 5.69. The van der Waals surface area contributed by atoms with E-state index >= 15 is 0 Å². The molecular weight excluding hydrogens is 290 g/mol. The van der Waals surface area contributed by atoms with Crippen LogP contribution < -0.4 is 16.2 Å². The number of amides is 1. The Hall–Kier alpha value is -1.14. The summed E-state index contributed by atoms with van der Waals surface area (Å²) >= 11 is 6.81. The molecule has 2 bridgehead atoms. The van der Waals surface area contributed by atoms with Crippen LogP contribution >= 0.6 is 23.6 Å². The summed E-state index contributed by atoms with van der Waals surface area (Å²) in [6.07, 6.45) is 5.23. The van der Waals surface area contributed by atoms with E-state index in [0.717, 1.165) is 16.7 Å². The fourth-order valence-corrected chi connectivity index (χ4v) is 4.26. The van der Waals surface area contributed by atoms with E-state index in [1.54, 1.807) is 11.3 Å². The number of thiophene rings is 1. The van der Waals surface area contributed by atoms with Gasteiger partial charge in [-0.2, -0.15) is 0 Å². The topological polar surface area (TPSA) is 53.2 Å². The Bertz CT molecular complexity index is 528. The zero-order valence-electron chi connectivity index (χ0n) is 11.4. The van der Waals surface area contributed by atoms with Gasteiger partial charge in [-0.15, -0.1) is 11.3 Å². The van der Waals surface area contributed by atoms with E-state index in [1.807, 2.05) is 18.4 Å². The van der Waals surface area contributed by atoms with Gasteiger partial charge in [0.15, 0.2) is 5.11 Å². The molecule has 3 atom stereocenters. The highest BCUT2D eigenvalue weighted by Gasteiger charge is 2.39. The highest BCUT2D eigenvalue weighted by atomic mass is 32.1. The van der Waals surface area contributed by atoms with Crippen molar-refractivity contribution in [3.63, 3.8) is 0 Å². The zero-order chi connectivity index (χ0) is 14.1. The van der Waals surface area contributed by atoms with E-state index < -0.39 is 0 Å². The minimum absolute atomic E-state index is 0.147. The smallest absolute Gasteiger partial charge is 0.270 e. The molecule has 0 spiro atoms. The fourth-order valence-electron chi connectivity index (χ4n) is 3.37. The molecule has 20 heavy (non-hydrogen) atoms. The highest BCUT2D eigenvalue weighted by Crippen LogP contribution is 2.44. The van der Waals surface area contributed by atoms with Gasteiger partial charge >= 0.3 is 0 Å². The largest absolute Gasteiger partial charge is 0.358 e. The lowest BCUT2D eigenvalue weighted by Crippen LogP contribution is -2.50. The van der Waals surface area contributed by atoms with Crippen molar-refractivity contribution < 1.29 is 4.79 Å². The predicted molar refractivity (Wildman–Crippen MR) is 84.6 cm³/mol. The summed E-state index contributed by atoms with van der Waals surface area (Å²) in [7, 11) is 0. The molecule has 1 heterocycles. The predicted octanol–water partition coefficient (Wildman–Crippen LogP) is 2.35. The Morgan fingerprint density at radius 1 is 1.35 bits per heavy atom. The van der Waals surface area contributed by atoms with Crippen molar-refractivity contribution in [1.82, 2.24) is 16.2 Å². The van der Waals surface area contributed by atoms with Crippen molar-refractivity contribution in [3.05, 3.63) is 21.9 Å². The van der Waals surface area contributed by atoms with Gasteiger partial charge in [-0.1, -0.05) is 6.42 Å². The maximum absolute atomic E-state index is 11.9. The second-order valence-electron chi connectivity index (χ2n) is 5.78. The number of aryl methyl sites for hydroxylation is 1. The van der Waals surface area contributed by atoms with E-state index in [-0.39, 0.29) is 5.91 Å². The van der Waals surface area contributed by atoms with Crippen LogP contribution in [0.3, 0.4) is 0 Å². The molecule has 1 aromatic heterocycles. The monoisotopic (exact) mass is 309 g/mol. The lowest BCUT2D eigenvalue weighted by Gasteiger charge is -2.24. The number of rotatable bonds is 2. The van der Waals surface area contributed by atoms with Crippen LogP contribution in [0.25, 0.3) is 0 Å². The molecule has 2 aliphatic rings. The van der Waals surface area contributed by atoms with Gasteiger partial charge in [-0.05, 0) is 56.3 Å². The number of nitrogens with one attached hydrogen (secondary N) is 3. The molecule has 2 aliphatic carbocycles. The van der Waals surface area contributed by atoms with Crippen molar-refractivity contribution in [3.8, 4) is 0 Å². The SMILES string of the molecule is Cc1cc(C(=O)NNC(=S)N[C@@H]2C[C@H]3CC[C@@H]2C3)cs1. The van der Waals surface area contributed by atoms with Crippen LogP contribution in [0.2, 0.25) is 0 Å². The molecule has 0 radical (unpaired) electrons. The van der Waals surface area contributed by atoms with Crippen molar-refractivity contribution >= 4 is 34.6 Å². The molecule has 0 saturated heterocycles. The van der Waals surface area contributed by atoms with Crippen molar-refractivity contribution in [2.45, 2.75) is 38.6 Å². The van der Waals surface area contributed by atoms with E-state index in [2.05, 4.69) is 16.2 Å². The Morgan fingerprint density at radius 2 is 2.20 bits per heavy atom. The first-order valence-corrected chi connectivity index (χ1v) is 8.32. The molecule has 0 aliphatic heterocycles. The van der Waals surface area contributed by atoms with Gasteiger partial charge in [0, 0.05) is 16.3 Å². The van der Waals surface area contributed by atoms with Gasteiger partial charge in [-0.3, -0.25) is 15.6 Å². The standard InChI is InChI=1S/C14H19N3OS2/c1-8-4-11(7-20-8)13(18)16-17-14(19)15-12-6-9-2-3-10(12)5-9/h4,7,9-10,12H,2-3,5-6H2,1H3,(H,16,18)(H2,15,17,19)/t9-,10+,12+/m0/s1. The summed E-state index contributed by atoms with van der Waals surface area (Å²) in [6.45, 7) is 1.98. The third-order valence-electron chi connectivity index (χ3n) is 4.34. The van der Waals surface area contributed by atoms with Crippen LogP contribution in [0.1, 0.15) is 40.9 Å². The Morgan fingerprint density at radius 3 is 2.80 bits per heavy atom. The lowest BCUT2D eigenvalue weighted by molar-refractivity contribution is 0.0944. The van der Waals surface area contributed by atoms with Crippen LogP contribution in [0.15, 0.2) is 11.4 Å². The van der Waals surface area contributed by atoms with Crippen LogP contribution in [-0.2, 0) is 0 Å². The number of carbonyl (C=O) groups excluding carboxylic acids is 1. The van der Waals surface area contributed by atoms with Gasteiger partial charge in [-0.25, -0.2) is 0 Å². The van der Waals surface area contributed by atoms with Crippen molar-refractivity contribution in [2.75, 3.05) is 0 Å². The number of hydrogen-bond acceptors (Lipinski definition) is 3. The first-order chi connectivity index (χ1) is 9.61. The Kier molecular flexibility index (Phi) is 3.94. The molecule has 2 saturated carbocycles. The summed E-state index contributed by atoms with van der Waals surface area (Å²) in [5.41, 5.74) is 6.12. The minimum Gasteiger partial charge on any atom is -0.358 e. The number of fused-ring (bicyclic) bond motifs is 2. The molecule has 1 amide bonds. The van der Waals surface area contributed by atoms with E-state index in [1.165, 1.54) is 25.7 Å². The molecular formula is C14H19N3OS2. The normalized spacial score (nSPS) is 27.4. The number of hydrogen-bond donors (Lipinski definition) is 3. The fraction of sp³-hybridized carbons (Fsp3) is 0.571. The molecule has 4 nitrogen and oxygen atoms in total. The van der Waals surface area contributed by atoms with Gasteiger partial charge in [0.1, 0.15) is 0 Å². The molecule has 6 heteroatoms. The molecule has 0 unspecified atom stereocenters. The second-order valence-corrected chi connectivity index (χ2v) is 7.30. The first kappa shape index (κ1) is 13.8. The van der Waals surface area contributed by atoms with Crippen LogP contribution in [0.5, 0.6) is 0 Å². The van der Waals surface area contributed by atoms with Gasteiger partial charge in [0.2, 0.25) is 0 Å². The van der Waals surface area contributed by atoms with E-state index in [4.69, 9.17) is 12.2 Å². The minimum atomic E-state index is -0.147. The first-order valence-electron chi connectivity index (χ1n) is 7.04. The second kappa shape index (κ2) is 5.69. The molecule has 2 fully saturated rings. The van der Waals surface area contributed by atoms with Gasteiger partial charge in [0.25, 0.3) is 5.91 Å². The molecule has 108 valence electrons. The van der Waals surface area contributed by atoms with Crippen molar-refractivity contribution in [2.24, 2.45) is 11.8 Å². The summed E-state index contributed by atoms with van der Waals surface area (Å²) in [4.78, 5) is 13.0. The Labute approximate surface area is 128 Å². The summed E-state index contributed by atoms with van der Waals surface area (Å²) in [5.74, 6) is 1.49. The number of thiocarbonyl (C=S) groups is 1. The third kappa shape index (κ3) is 2.96. The average molecular weight is 309 g/mol. The summed E-state index contributed by atoms with van der Waals surface area (Å²) < 4.78 is 0. The summed E-state index contributed by atoms with van der Waals surface area (Å²) in [6, 6.07) is 2.35. The maximum Gasteiger partial charge on any atom is 0.270 e. The van der Waals surface area contributed by atoms with Gasteiger partial charge < -0.3 is 5.32 Å². The molecule has 1 aromatic rings. The van der Waals surface area contributed by atoms with Crippen LogP contribution in [0, 0.1) is 18.8 Å². The van der Waals surface area contributed by atoms with Gasteiger partial charge in [0.05, 0.1) is 5.56 Å². The maximum atomic E-state index is 11.9. The Balaban J connectivity index is 1.44. The van der Waals surface area contributed by atoms with Crippen LogP contribution in [-0.4, -0.2) is 17.1 Å². The third-order valence-corrected chi connectivity index (χ3v) is 5.42. The molecule has 0 aromatic carbocycles. The zero-order valence-corrected chi connectivity index (χ0v) is 13.1. The average Bonchev–Trinajstić information content (AvgIpc) is 3.12. The number of hydrazine groups is 1. The van der Waals surface area contributed by atoms with E-state index in [9.17, 15) is 4.79 Å². The highest BCUT2D eigenvalue weighted by molar-refractivity contribution is 7.80. The molecule has 3 rings (SSSR count). The number of carbonyl (C=O) groups is 1. The lowest BCUT2D eigenvalue weighted by atomic mass is 9.96. The quantitative estimate of drug-likeness (QED) is 0.580. The molecule has 3 N–H and O–H groups in total. The van der Waals surface area contributed by atoms with E-state index in [0.29, 0.717) is 16.7 Å². The van der Waals surface area contributed by atoms with Crippen LogP contribution in [0.4, 0.5) is 0 Å². The van der Waals surface area contributed by atoms with Crippen molar-refractivity contribution in [1.29, 1.82) is 0 Å².